The van der Waals surface area contributed by atoms with Gasteiger partial charge in [-0.15, -0.1) is 0 Å². The second kappa shape index (κ2) is 5.48. The minimum atomic E-state index is -0.229. The number of hydrogen-bond acceptors (Lipinski definition) is 4. The Morgan fingerprint density at radius 1 is 1.27 bits per heavy atom. The quantitative estimate of drug-likeness (QED) is 0.806. The fraction of sp³-hybridized carbons (Fsp3) is 0.188. The molecule has 1 amide bonds. The van der Waals surface area contributed by atoms with Gasteiger partial charge in [0.25, 0.3) is 5.91 Å². The van der Waals surface area contributed by atoms with Crippen molar-refractivity contribution in [2.24, 2.45) is 0 Å². The van der Waals surface area contributed by atoms with Crippen LogP contribution in [0.25, 0.3) is 5.65 Å². The number of amides is 1. The third kappa shape index (κ3) is 2.50. The van der Waals surface area contributed by atoms with E-state index < -0.39 is 0 Å². The number of hydrogen-bond donors (Lipinski definition) is 1. The van der Waals surface area contributed by atoms with Gasteiger partial charge in [-0.05, 0) is 37.6 Å². The number of methoxy groups -OCH3 is 1. The highest BCUT2D eigenvalue weighted by Crippen LogP contribution is 2.20. The second-order valence-corrected chi connectivity index (χ2v) is 4.99. The fourth-order valence-electron chi connectivity index (χ4n) is 2.35. The molecule has 22 heavy (non-hydrogen) atoms. The van der Waals surface area contributed by atoms with Gasteiger partial charge in [0.1, 0.15) is 11.6 Å². The summed E-state index contributed by atoms with van der Waals surface area (Å²) in [5.74, 6) is 0.999. The molecule has 6 nitrogen and oxygen atoms in total. The van der Waals surface area contributed by atoms with Gasteiger partial charge in [0.2, 0.25) is 0 Å². The average Bonchev–Trinajstić information content (AvgIpc) is 2.88. The molecule has 2 heterocycles. The van der Waals surface area contributed by atoms with Crippen LogP contribution in [0.2, 0.25) is 0 Å². The number of para-hydroxylation sites is 1. The lowest BCUT2D eigenvalue weighted by molar-refractivity contribution is 0.102. The van der Waals surface area contributed by atoms with Gasteiger partial charge in [-0.2, -0.15) is 5.10 Å². The first-order chi connectivity index (χ1) is 10.6. The number of aromatic nitrogens is 3. The van der Waals surface area contributed by atoms with Crippen LogP contribution in [-0.2, 0) is 0 Å². The Labute approximate surface area is 127 Å². The van der Waals surface area contributed by atoms with Crippen molar-refractivity contribution in [3.8, 4) is 5.75 Å². The zero-order chi connectivity index (χ0) is 15.7. The third-order valence-electron chi connectivity index (χ3n) is 3.33. The van der Waals surface area contributed by atoms with Crippen LogP contribution in [0, 0.1) is 13.8 Å². The Hall–Kier alpha value is -2.89. The molecule has 0 atom stereocenters. The minimum Gasteiger partial charge on any atom is -0.496 e. The normalized spacial score (nSPS) is 10.7. The molecule has 0 spiro atoms. The van der Waals surface area contributed by atoms with Crippen LogP contribution in [0.4, 0.5) is 5.69 Å². The van der Waals surface area contributed by atoms with Gasteiger partial charge in [-0.3, -0.25) is 4.79 Å². The lowest BCUT2D eigenvalue weighted by Crippen LogP contribution is -2.13. The number of nitrogens with one attached hydrogen (secondary N) is 1. The van der Waals surface area contributed by atoms with Crippen molar-refractivity contribution in [1.82, 2.24) is 14.6 Å². The predicted molar refractivity (Wildman–Crippen MR) is 83.4 cm³/mol. The summed E-state index contributed by atoms with van der Waals surface area (Å²) in [5, 5.41) is 7.15. The smallest absolute Gasteiger partial charge is 0.259 e. The second-order valence-electron chi connectivity index (χ2n) is 4.99. The van der Waals surface area contributed by atoms with Crippen LogP contribution < -0.4 is 10.1 Å². The highest BCUT2D eigenvalue weighted by molar-refractivity contribution is 6.06. The molecule has 0 aliphatic rings. The average molecular weight is 296 g/mol. The van der Waals surface area contributed by atoms with Crippen molar-refractivity contribution in [3.63, 3.8) is 0 Å². The van der Waals surface area contributed by atoms with Crippen LogP contribution in [0.1, 0.15) is 21.7 Å². The Morgan fingerprint density at radius 2 is 2.05 bits per heavy atom. The van der Waals surface area contributed by atoms with Crippen LogP contribution in [0.5, 0.6) is 5.75 Å². The molecule has 0 aliphatic heterocycles. The van der Waals surface area contributed by atoms with E-state index in [1.807, 2.05) is 26.0 Å². The molecule has 0 saturated heterocycles. The van der Waals surface area contributed by atoms with E-state index in [2.05, 4.69) is 15.4 Å². The van der Waals surface area contributed by atoms with Crippen LogP contribution >= 0.6 is 0 Å². The van der Waals surface area contributed by atoms with Gasteiger partial charge in [0.15, 0.2) is 5.65 Å². The van der Waals surface area contributed by atoms with Crippen molar-refractivity contribution in [1.29, 1.82) is 0 Å². The molecule has 112 valence electrons. The van der Waals surface area contributed by atoms with Crippen molar-refractivity contribution < 1.29 is 9.53 Å². The molecule has 0 bridgehead atoms. The highest BCUT2D eigenvalue weighted by Gasteiger charge is 2.13. The minimum absolute atomic E-state index is 0.229. The van der Waals surface area contributed by atoms with E-state index in [1.165, 1.54) is 0 Å². The van der Waals surface area contributed by atoms with Gasteiger partial charge in [-0.25, -0.2) is 9.50 Å². The molecule has 1 aromatic carbocycles. The van der Waals surface area contributed by atoms with E-state index in [-0.39, 0.29) is 5.91 Å². The molecule has 6 heteroatoms. The number of carbonyl (C=O) groups excluding carboxylic acids is 1. The maximum Gasteiger partial charge on any atom is 0.259 e. The number of nitrogens with zero attached hydrogens (tertiary/aromatic N) is 3. The lowest BCUT2D eigenvalue weighted by Gasteiger charge is -2.10. The van der Waals surface area contributed by atoms with Crippen molar-refractivity contribution in [3.05, 3.63) is 53.5 Å². The van der Waals surface area contributed by atoms with Gasteiger partial charge in [0, 0.05) is 0 Å². The van der Waals surface area contributed by atoms with Crippen molar-refractivity contribution in [2.75, 3.05) is 12.4 Å². The summed E-state index contributed by atoms with van der Waals surface area (Å²) < 4.78 is 6.88. The van der Waals surface area contributed by atoms with E-state index in [0.29, 0.717) is 22.8 Å². The van der Waals surface area contributed by atoms with Crippen LogP contribution in [-0.4, -0.2) is 27.6 Å². The summed E-state index contributed by atoms with van der Waals surface area (Å²) in [5.41, 5.74) is 2.87. The summed E-state index contributed by atoms with van der Waals surface area (Å²) >= 11 is 0. The topological polar surface area (TPSA) is 68.5 Å². The number of ether oxygens (including phenoxy) is 1. The maximum atomic E-state index is 12.4. The number of anilines is 1. The molecular weight excluding hydrogens is 280 g/mol. The molecular formula is C16H16N4O2. The largest absolute Gasteiger partial charge is 0.496 e. The van der Waals surface area contributed by atoms with Gasteiger partial charge in [-0.1, -0.05) is 12.1 Å². The Kier molecular flexibility index (Phi) is 3.50. The zero-order valence-corrected chi connectivity index (χ0v) is 12.6. The van der Waals surface area contributed by atoms with Gasteiger partial charge < -0.3 is 10.1 Å². The SMILES string of the molecule is COc1ccccc1C(=O)Nc1cc(C)c2nc(C)nn2c1. The Bertz CT molecular complexity index is 854. The summed E-state index contributed by atoms with van der Waals surface area (Å²) in [6, 6.07) is 8.97. The Morgan fingerprint density at radius 3 is 2.82 bits per heavy atom. The number of aryl methyl sites for hydroxylation is 2. The predicted octanol–water partition coefficient (Wildman–Crippen LogP) is 2.61. The summed E-state index contributed by atoms with van der Waals surface area (Å²) in [6.07, 6.45) is 1.75. The standard InChI is InChI=1S/C16H16N4O2/c1-10-8-12(9-20-15(10)17-11(2)19-20)18-16(21)13-6-4-5-7-14(13)22-3/h4-9H,1-3H3,(H,18,21). The first kappa shape index (κ1) is 14.1. The molecule has 0 radical (unpaired) electrons. The summed E-state index contributed by atoms with van der Waals surface area (Å²) in [6.45, 7) is 3.77. The number of fused-ring (bicyclic) bond motifs is 1. The van der Waals surface area contributed by atoms with E-state index >= 15 is 0 Å². The van der Waals surface area contributed by atoms with Gasteiger partial charge in [0.05, 0.1) is 24.6 Å². The fourth-order valence-corrected chi connectivity index (χ4v) is 2.35. The van der Waals surface area contributed by atoms with Crippen LogP contribution in [0.15, 0.2) is 36.5 Å². The number of benzene rings is 1. The van der Waals surface area contributed by atoms with Crippen molar-refractivity contribution >= 4 is 17.2 Å². The molecule has 3 rings (SSSR count). The molecule has 0 saturated carbocycles. The maximum absolute atomic E-state index is 12.4. The number of pyridine rings is 1. The molecule has 3 aromatic rings. The first-order valence-corrected chi connectivity index (χ1v) is 6.86. The highest BCUT2D eigenvalue weighted by atomic mass is 16.5. The van der Waals surface area contributed by atoms with Crippen LogP contribution in [0.3, 0.4) is 0 Å². The number of carbonyl (C=O) groups is 1. The molecule has 2 aromatic heterocycles. The Balaban J connectivity index is 1.94. The molecule has 0 fully saturated rings. The van der Waals surface area contributed by atoms with E-state index in [0.717, 1.165) is 11.2 Å². The zero-order valence-electron chi connectivity index (χ0n) is 12.6. The van der Waals surface area contributed by atoms with Crippen molar-refractivity contribution in [2.45, 2.75) is 13.8 Å². The van der Waals surface area contributed by atoms with E-state index in [4.69, 9.17) is 4.74 Å². The number of rotatable bonds is 3. The first-order valence-electron chi connectivity index (χ1n) is 6.86. The molecule has 1 N–H and O–H groups in total. The van der Waals surface area contributed by atoms with E-state index in [9.17, 15) is 4.79 Å². The lowest BCUT2D eigenvalue weighted by atomic mass is 10.2. The summed E-state index contributed by atoms with van der Waals surface area (Å²) in [4.78, 5) is 16.7. The molecule has 0 unspecified atom stereocenters. The summed E-state index contributed by atoms with van der Waals surface area (Å²) in [7, 11) is 1.54. The van der Waals surface area contributed by atoms with Gasteiger partial charge >= 0.3 is 0 Å². The molecule has 0 aliphatic carbocycles. The third-order valence-corrected chi connectivity index (χ3v) is 3.33. The monoisotopic (exact) mass is 296 g/mol. The van der Waals surface area contributed by atoms with E-state index in [1.54, 1.807) is 36.0 Å².